The molecule has 3 heterocycles. The van der Waals surface area contributed by atoms with Crippen LogP contribution in [0, 0.1) is 13.8 Å². The fraction of sp³-hybridized carbons (Fsp3) is 0.211. The Morgan fingerprint density at radius 3 is 2.79 bits per heavy atom. The Hall–Kier alpha value is -3.75. The van der Waals surface area contributed by atoms with Gasteiger partial charge in [-0.1, -0.05) is 6.07 Å². The van der Waals surface area contributed by atoms with E-state index in [-0.39, 0.29) is 5.82 Å². The van der Waals surface area contributed by atoms with Gasteiger partial charge in [0.2, 0.25) is 0 Å². The van der Waals surface area contributed by atoms with Crippen LogP contribution in [0.2, 0.25) is 0 Å². The maximum atomic E-state index is 12.5. The molecule has 0 aliphatic heterocycles. The minimum absolute atomic E-state index is 0.270. The number of ether oxygens (including phenoxy) is 1. The first-order chi connectivity index (χ1) is 13.4. The first kappa shape index (κ1) is 17.7. The SMILES string of the molecule is Cc1cc(C)c2cc(C(=O)OC(C)C(=O)Nc3ncnc4nc[nH]c34)[nH]c2c1. The predicted octanol–water partition coefficient (Wildman–Crippen LogP) is 2.64. The van der Waals surface area contributed by atoms with Gasteiger partial charge in [-0.25, -0.2) is 19.7 Å². The summed E-state index contributed by atoms with van der Waals surface area (Å²) >= 11 is 0. The van der Waals surface area contributed by atoms with Gasteiger partial charge in [0.25, 0.3) is 5.91 Å². The number of imidazole rings is 1. The Labute approximate surface area is 159 Å². The van der Waals surface area contributed by atoms with Crippen molar-refractivity contribution >= 4 is 39.8 Å². The third-order valence-electron chi connectivity index (χ3n) is 4.43. The van der Waals surface area contributed by atoms with Crippen molar-refractivity contribution in [2.24, 2.45) is 0 Å². The number of benzene rings is 1. The van der Waals surface area contributed by atoms with Crippen LogP contribution in [-0.2, 0) is 9.53 Å². The third-order valence-corrected chi connectivity index (χ3v) is 4.43. The van der Waals surface area contributed by atoms with Crippen LogP contribution < -0.4 is 5.32 Å². The molecule has 0 saturated heterocycles. The molecule has 0 aliphatic carbocycles. The molecular weight excluding hydrogens is 360 g/mol. The Kier molecular flexibility index (Phi) is 4.26. The highest BCUT2D eigenvalue weighted by Crippen LogP contribution is 2.22. The van der Waals surface area contributed by atoms with Gasteiger partial charge in [-0.2, -0.15) is 0 Å². The van der Waals surface area contributed by atoms with Gasteiger partial charge in [0.05, 0.1) is 6.33 Å². The molecule has 0 radical (unpaired) electrons. The number of fused-ring (bicyclic) bond motifs is 2. The minimum atomic E-state index is -1.02. The van der Waals surface area contributed by atoms with Crippen LogP contribution in [0.4, 0.5) is 5.82 Å². The highest BCUT2D eigenvalue weighted by atomic mass is 16.5. The van der Waals surface area contributed by atoms with Crippen LogP contribution in [0.15, 0.2) is 30.9 Å². The summed E-state index contributed by atoms with van der Waals surface area (Å²) in [6, 6.07) is 5.73. The number of aryl methyl sites for hydroxylation is 2. The number of anilines is 1. The van der Waals surface area contributed by atoms with Gasteiger partial charge in [0.1, 0.15) is 17.5 Å². The van der Waals surface area contributed by atoms with Crippen molar-refractivity contribution in [1.29, 1.82) is 0 Å². The zero-order chi connectivity index (χ0) is 19.8. The molecule has 1 atom stereocenters. The molecule has 28 heavy (non-hydrogen) atoms. The fourth-order valence-electron chi connectivity index (χ4n) is 3.06. The maximum absolute atomic E-state index is 12.5. The van der Waals surface area contributed by atoms with Crippen molar-refractivity contribution in [3.63, 3.8) is 0 Å². The second kappa shape index (κ2) is 6.76. The van der Waals surface area contributed by atoms with E-state index in [9.17, 15) is 9.59 Å². The van der Waals surface area contributed by atoms with Gasteiger partial charge in [-0.3, -0.25) is 4.79 Å². The number of esters is 1. The molecule has 1 amide bonds. The zero-order valence-corrected chi connectivity index (χ0v) is 15.5. The number of nitrogens with zero attached hydrogens (tertiary/aromatic N) is 3. The number of hydrogen-bond acceptors (Lipinski definition) is 6. The lowest BCUT2D eigenvalue weighted by molar-refractivity contribution is -0.123. The van der Waals surface area contributed by atoms with Crippen molar-refractivity contribution < 1.29 is 14.3 Å². The molecule has 9 heteroatoms. The Bertz CT molecular complexity index is 1210. The second-order valence-electron chi connectivity index (χ2n) is 6.59. The molecule has 4 rings (SSSR count). The monoisotopic (exact) mass is 378 g/mol. The molecule has 0 spiro atoms. The van der Waals surface area contributed by atoms with Crippen LogP contribution in [0.1, 0.15) is 28.5 Å². The lowest BCUT2D eigenvalue weighted by Crippen LogP contribution is -2.30. The lowest BCUT2D eigenvalue weighted by Gasteiger charge is -2.12. The maximum Gasteiger partial charge on any atom is 0.355 e. The van der Waals surface area contributed by atoms with E-state index >= 15 is 0 Å². The number of carbonyl (C=O) groups is 2. The molecule has 9 nitrogen and oxygen atoms in total. The van der Waals surface area contributed by atoms with Crippen molar-refractivity contribution in [2.75, 3.05) is 5.32 Å². The molecule has 3 N–H and O–H groups in total. The summed E-state index contributed by atoms with van der Waals surface area (Å²) < 4.78 is 5.31. The van der Waals surface area contributed by atoms with Gasteiger partial charge in [0.15, 0.2) is 17.6 Å². The number of H-pyrrole nitrogens is 2. The van der Waals surface area contributed by atoms with E-state index in [4.69, 9.17) is 4.74 Å². The summed E-state index contributed by atoms with van der Waals surface area (Å²) in [4.78, 5) is 42.8. The van der Waals surface area contributed by atoms with Gasteiger partial charge in [0, 0.05) is 10.9 Å². The molecule has 0 fully saturated rings. The summed E-state index contributed by atoms with van der Waals surface area (Å²) in [6.07, 6.45) is 1.73. The predicted molar refractivity (Wildman–Crippen MR) is 103 cm³/mol. The largest absolute Gasteiger partial charge is 0.448 e. The van der Waals surface area contributed by atoms with E-state index in [1.807, 2.05) is 26.0 Å². The van der Waals surface area contributed by atoms with Gasteiger partial charge < -0.3 is 20.0 Å². The van der Waals surface area contributed by atoms with Crippen molar-refractivity contribution in [1.82, 2.24) is 24.9 Å². The summed E-state index contributed by atoms with van der Waals surface area (Å²) in [5, 5.41) is 3.56. The quantitative estimate of drug-likeness (QED) is 0.469. The highest BCUT2D eigenvalue weighted by molar-refractivity contribution is 6.01. The third kappa shape index (κ3) is 3.18. The minimum Gasteiger partial charge on any atom is -0.448 e. The normalized spacial score (nSPS) is 12.2. The van der Waals surface area contributed by atoms with Crippen LogP contribution in [-0.4, -0.2) is 42.9 Å². The number of carbonyl (C=O) groups excluding carboxylic acids is 2. The van der Waals surface area contributed by atoms with Crippen LogP contribution in [0.5, 0.6) is 0 Å². The summed E-state index contributed by atoms with van der Waals surface area (Å²) in [7, 11) is 0. The van der Waals surface area contributed by atoms with Crippen LogP contribution in [0.25, 0.3) is 22.1 Å². The van der Waals surface area contributed by atoms with E-state index in [1.165, 1.54) is 19.6 Å². The van der Waals surface area contributed by atoms with Crippen molar-refractivity contribution in [3.05, 3.63) is 47.7 Å². The number of aromatic amines is 2. The van der Waals surface area contributed by atoms with E-state index in [0.717, 1.165) is 22.0 Å². The second-order valence-corrected chi connectivity index (χ2v) is 6.59. The molecule has 3 aromatic heterocycles. The number of amides is 1. The van der Waals surface area contributed by atoms with E-state index in [2.05, 4.69) is 30.2 Å². The standard InChI is InChI=1S/C19H18N6O3/c1-9-4-10(2)12-6-14(24-13(12)5-9)19(27)28-11(3)18(26)25-17-15-16(21-7-20-15)22-8-23-17/h4-8,11,24H,1-3H3,(H2,20,21,22,23,25,26). The molecule has 4 aromatic rings. The fourth-order valence-corrected chi connectivity index (χ4v) is 3.06. The first-order valence-electron chi connectivity index (χ1n) is 8.68. The van der Waals surface area contributed by atoms with Crippen molar-refractivity contribution in [3.8, 4) is 0 Å². The number of aromatic nitrogens is 5. The average Bonchev–Trinajstić information content (AvgIpc) is 3.28. The van der Waals surface area contributed by atoms with Crippen LogP contribution >= 0.6 is 0 Å². The Morgan fingerprint density at radius 1 is 1.14 bits per heavy atom. The van der Waals surface area contributed by atoms with Crippen molar-refractivity contribution in [2.45, 2.75) is 26.9 Å². The Balaban J connectivity index is 1.49. The van der Waals surface area contributed by atoms with Gasteiger partial charge in [-0.15, -0.1) is 0 Å². The lowest BCUT2D eigenvalue weighted by atomic mass is 10.1. The zero-order valence-electron chi connectivity index (χ0n) is 15.5. The number of nitrogens with one attached hydrogen (secondary N) is 3. The number of rotatable bonds is 4. The molecule has 142 valence electrons. The average molecular weight is 378 g/mol. The molecule has 0 bridgehead atoms. The Morgan fingerprint density at radius 2 is 1.96 bits per heavy atom. The topological polar surface area (TPSA) is 126 Å². The summed E-state index contributed by atoms with van der Waals surface area (Å²) in [6.45, 7) is 5.46. The number of hydrogen-bond donors (Lipinski definition) is 3. The smallest absolute Gasteiger partial charge is 0.355 e. The van der Waals surface area contributed by atoms with Gasteiger partial charge >= 0.3 is 5.97 Å². The van der Waals surface area contributed by atoms with Crippen LogP contribution in [0.3, 0.4) is 0 Å². The molecular formula is C19H18N6O3. The van der Waals surface area contributed by atoms with E-state index in [1.54, 1.807) is 6.07 Å². The molecule has 1 unspecified atom stereocenters. The first-order valence-corrected chi connectivity index (χ1v) is 8.68. The molecule has 0 aliphatic rings. The summed E-state index contributed by atoms with van der Waals surface area (Å²) in [5.41, 5.74) is 4.22. The highest BCUT2D eigenvalue weighted by Gasteiger charge is 2.22. The molecule has 1 aromatic carbocycles. The molecule has 0 saturated carbocycles. The van der Waals surface area contributed by atoms with E-state index < -0.39 is 18.0 Å². The van der Waals surface area contributed by atoms with E-state index in [0.29, 0.717) is 16.9 Å². The van der Waals surface area contributed by atoms with Gasteiger partial charge in [-0.05, 0) is 44.0 Å². The summed E-state index contributed by atoms with van der Waals surface area (Å²) in [5.74, 6) is -0.844.